The summed E-state index contributed by atoms with van der Waals surface area (Å²) >= 11 is 0. The molecule has 0 saturated carbocycles. The molecule has 130 valence electrons. The summed E-state index contributed by atoms with van der Waals surface area (Å²) < 4.78 is 13.6. The molecule has 0 bridgehead atoms. The fourth-order valence-corrected chi connectivity index (χ4v) is 3.49. The van der Waals surface area contributed by atoms with Crippen molar-refractivity contribution in [2.24, 2.45) is 0 Å². The smallest absolute Gasteiger partial charge is 0.183 e. The molecule has 6 nitrogen and oxygen atoms in total. The molecule has 3 aromatic heterocycles. The predicted molar refractivity (Wildman–Crippen MR) is 101 cm³/mol. The van der Waals surface area contributed by atoms with Gasteiger partial charge in [0.1, 0.15) is 17.8 Å². The molecule has 0 aliphatic carbocycles. The Morgan fingerprint density at radius 3 is 2.96 bits per heavy atom. The van der Waals surface area contributed by atoms with Gasteiger partial charge in [0.2, 0.25) is 0 Å². The summed E-state index contributed by atoms with van der Waals surface area (Å²) in [6.07, 6.45) is 3.30. The van der Waals surface area contributed by atoms with Gasteiger partial charge in [0, 0.05) is 30.0 Å². The summed E-state index contributed by atoms with van der Waals surface area (Å²) in [6.45, 7) is 1.12. The number of hydrogen-bond acceptors (Lipinski definition) is 5. The van der Waals surface area contributed by atoms with Crippen LogP contribution in [0.3, 0.4) is 0 Å². The molecule has 26 heavy (non-hydrogen) atoms. The normalized spacial score (nSPS) is 17.3. The lowest BCUT2D eigenvalue weighted by molar-refractivity contribution is 0.364. The zero-order valence-corrected chi connectivity index (χ0v) is 14.0. The summed E-state index contributed by atoms with van der Waals surface area (Å²) in [5, 5.41) is 13.6. The maximum Gasteiger partial charge on any atom is 0.183 e. The van der Waals surface area contributed by atoms with E-state index in [0.717, 1.165) is 33.5 Å². The minimum atomic E-state index is -0.768. The van der Waals surface area contributed by atoms with Crippen molar-refractivity contribution in [3.05, 3.63) is 48.8 Å². The monoisotopic (exact) mass is 348 g/mol. The fraction of sp³-hybridized carbons (Fsp3) is 0.211. The summed E-state index contributed by atoms with van der Waals surface area (Å²) in [7, 11) is 0. The molecule has 5 rings (SSSR count). The van der Waals surface area contributed by atoms with Crippen LogP contribution in [-0.2, 0) is 0 Å². The Kier molecular flexibility index (Phi) is 3.44. The van der Waals surface area contributed by atoms with Gasteiger partial charge in [0.15, 0.2) is 5.65 Å². The second-order valence-corrected chi connectivity index (χ2v) is 6.50. The molecule has 1 saturated heterocycles. The molecule has 1 fully saturated rings. The maximum absolute atomic E-state index is 13.6. The molecule has 7 heteroatoms. The topological polar surface area (TPSA) is 69.7 Å². The Hall–Kier alpha value is -3.22. The number of aromatic nitrogens is 4. The molecule has 4 aromatic rings. The number of nitrogens with one attached hydrogen (secondary N) is 2. The van der Waals surface area contributed by atoms with Crippen molar-refractivity contribution in [3.8, 4) is 0 Å². The summed E-state index contributed by atoms with van der Waals surface area (Å²) in [6, 6.07) is 11.9. The van der Waals surface area contributed by atoms with Crippen LogP contribution in [0.25, 0.3) is 21.8 Å². The van der Waals surface area contributed by atoms with Crippen LogP contribution >= 0.6 is 0 Å². The van der Waals surface area contributed by atoms with E-state index < -0.39 is 6.17 Å². The molecular formula is C19H17FN6. The zero-order chi connectivity index (χ0) is 17.5. The van der Waals surface area contributed by atoms with Crippen LogP contribution in [-0.4, -0.2) is 39.4 Å². The number of hydrogen-bond donors (Lipinski definition) is 2. The van der Waals surface area contributed by atoms with E-state index in [-0.39, 0.29) is 0 Å². The summed E-state index contributed by atoms with van der Waals surface area (Å²) in [4.78, 5) is 10.7. The Morgan fingerprint density at radius 1 is 1.12 bits per heavy atom. The van der Waals surface area contributed by atoms with Crippen LogP contribution in [0.1, 0.15) is 6.42 Å². The summed E-state index contributed by atoms with van der Waals surface area (Å²) in [5.41, 5.74) is 1.62. The molecule has 1 aliphatic heterocycles. The zero-order valence-electron chi connectivity index (χ0n) is 14.0. The number of aromatic amines is 1. The Balaban J connectivity index is 1.50. The van der Waals surface area contributed by atoms with E-state index in [1.165, 1.54) is 0 Å². The lowest BCUT2D eigenvalue weighted by Gasteiger charge is -2.18. The number of benzene rings is 1. The first-order chi connectivity index (χ1) is 12.8. The van der Waals surface area contributed by atoms with Crippen molar-refractivity contribution in [1.29, 1.82) is 0 Å². The number of alkyl halides is 1. The first kappa shape index (κ1) is 15.1. The van der Waals surface area contributed by atoms with Gasteiger partial charge in [-0.2, -0.15) is 5.10 Å². The van der Waals surface area contributed by atoms with Gasteiger partial charge in [-0.15, -0.1) is 0 Å². The number of anilines is 3. The average molecular weight is 348 g/mol. The largest absolute Gasteiger partial charge is 0.353 e. The van der Waals surface area contributed by atoms with Crippen molar-refractivity contribution in [2.45, 2.75) is 12.6 Å². The minimum absolute atomic E-state index is 0.416. The molecule has 1 aromatic carbocycles. The lowest BCUT2D eigenvalue weighted by Crippen LogP contribution is -2.21. The van der Waals surface area contributed by atoms with Gasteiger partial charge in [-0.05, 0) is 48.2 Å². The minimum Gasteiger partial charge on any atom is -0.353 e. The third kappa shape index (κ3) is 2.52. The Labute approximate surface area is 149 Å². The van der Waals surface area contributed by atoms with Crippen LogP contribution in [0.15, 0.2) is 48.8 Å². The third-order valence-corrected chi connectivity index (χ3v) is 4.77. The quantitative estimate of drug-likeness (QED) is 0.589. The summed E-state index contributed by atoms with van der Waals surface area (Å²) in [5.74, 6) is 1.66. The lowest BCUT2D eigenvalue weighted by atomic mass is 10.1. The van der Waals surface area contributed by atoms with E-state index in [4.69, 9.17) is 0 Å². The molecule has 4 heterocycles. The van der Waals surface area contributed by atoms with Crippen molar-refractivity contribution < 1.29 is 4.39 Å². The molecule has 0 spiro atoms. The number of H-pyrrole nitrogens is 1. The van der Waals surface area contributed by atoms with Crippen molar-refractivity contribution in [1.82, 2.24) is 20.2 Å². The second-order valence-electron chi connectivity index (χ2n) is 6.50. The number of fused-ring (bicyclic) bond motifs is 2. The van der Waals surface area contributed by atoms with Gasteiger partial charge in [-0.25, -0.2) is 14.4 Å². The van der Waals surface area contributed by atoms with Gasteiger partial charge >= 0.3 is 0 Å². The molecule has 1 atom stereocenters. The van der Waals surface area contributed by atoms with Crippen LogP contribution in [0.2, 0.25) is 0 Å². The predicted octanol–water partition coefficient (Wildman–Crippen LogP) is 3.80. The SMILES string of the molecule is F[C@@H]1CCN(c2nccc3cc(Nc4[nH]nc5ncccc45)ccc23)C1. The van der Waals surface area contributed by atoms with Crippen LogP contribution in [0.4, 0.5) is 21.7 Å². The highest BCUT2D eigenvalue weighted by atomic mass is 19.1. The fourth-order valence-electron chi connectivity index (χ4n) is 3.49. The van der Waals surface area contributed by atoms with Gasteiger partial charge in [-0.1, -0.05) is 0 Å². The van der Waals surface area contributed by atoms with Gasteiger partial charge in [0.25, 0.3) is 0 Å². The van der Waals surface area contributed by atoms with Crippen LogP contribution in [0, 0.1) is 0 Å². The van der Waals surface area contributed by atoms with Crippen LogP contribution < -0.4 is 10.2 Å². The van der Waals surface area contributed by atoms with E-state index in [0.29, 0.717) is 25.2 Å². The number of halogens is 1. The van der Waals surface area contributed by atoms with E-state index in [1.807, 2.05) is 35.2 Å². The Bertz CT molecular complexity index is 1090. The molecule has 0 unspecified atom stereocenters. The van der Waals surface area contributed by atoms with Crippen molar-refractivity contribution >= 4 is 39.1 Å². The number of rotatable bonds is 3. The maximum atomic E-state index is 13.6. The van der Waals surface area contributed by atoms with E-state index in [9.17, 15) is 4.39 Å². The average Bonchev–Trinajstić information content (AvgIpc) is 3.28. The first-order valence-electron chi connectivity index (χ1n) is 8.62. The van der Waals surface area contributed by atoms with Crippen LogP contribution in [0.5, 0.6) is 0 Å². The van der Waals surface area contributed by atoms with E-state index in [1.54, 1.807) is 12.4 Å². The highest BCUT2D eigenvalue weighted by Gasteiger charge is 2.24. The number of nitrogens with zero attached hydrogens (tertiary/aromatic N) is 4. The highest BCUT2D eigenvalue weighted by Crippen LogP contribution is 2.31. The van der Waals surface area contributed by atoms with Gasteiger partial charge < -0.3 is 10.2 Å². The van der Waals surface area contributed by atoms with Gasteiger partial charge in [-0.3, -0.25) is 5.10 Å². The molecule has 2 N–H and O–H groups in total. The highest BCUT2D eigenvalue weighted by molar-refractivity contribution is 5.96. The van der Waals surface area contributed by atoms with Crippen molar-refractivity contribution in [2.75, 3.05) is 23.3 Å². The molecular weight excluding hydrogens is 331 g/mol. The Morgan fingerprint density at radius 2 is 2.08 bits per heavy atom. The van der Waals surface area contributed by atoms with E-state index >= 15 is 0 Å². The standard InChI is InChI=1S/C19H17FN6/c20-13-6-9-26(11-13)19-15-4-3-14(10-12(15)5-8-22-19)23-18-16-2-1-7-21-17(16)24-25-18/h1-5,7-8,10,13H,6,9,11H2,(H2,21,23,24,25)/t13-/m1/s1. The molecule has 0 amide bonds. The molecule has 0 radical (unpaired) electrons. The van der Waals surface area contributed by atoms with Crippen molar-refractivity contribution in [3.63, 3.8) is 0 Å². The van der Waals surface area contributed by atoms with Gasteiger partial charge in [0.05, 0.1) is 11.9 Å². The molecule has 1 aliphatic rings. The number of pyridine rings is 2. The first-order valence-corrected chi connectivity index (χ1v) is 8.62. The van der Waals surface area contributed by atoms with E-state index in [2.05, 4.69) is 31.5 Å². The second kappa shape index (κ2) is 5.94. The third-order valence-electron chi connectivity index (χ3n) is 4.77.